The predicted molar refractivity (Wildman–Crippen MR) is 79.3 cm³/mol. The van der Waals surface area contributed by atoms with Crippen LogP contribution in [-0.4, -0.2) is 35.2 Å². The normalized spacial score (nSPS) is 19.9. The molecule has 1 aromatic carbocycles. The van der Waals surface area contributed by atoms with Gasteiger partial charge in [-0.1, -0.05) is 17.4 Å². The number of benzene rings is 1. The average Bonchev–Trinajstić information content (AvgIpc) is 2.71. The zero-order valence-corrected chi connectivity index (χ0v) is 12.2. The van der Waals surface area contributed by atoms with E-state index >= 15 is 0 Å². The Morgan fingerprint density at radius 1 is 1.47 bits per heavy atom. The second-order valence-electron chi connectivity index (χ2n) is 5.64. The van der Waals surface area contributed by atoms with Gasteiger partial charge < -0.3 is 10.5 Å². The van der Waals surface area contributed by atoms with Crippen molar-refractivity contribution in [1.82, 2.24) is 9.88 Å². The minimum absolute atomic E-state index is 0.0972. The Kier molecular flexibility index (Phi) is 3.20. The molecule has 0 aliphatic carbocycles. The van der Waals surface area contributed by atoms with E-state index in [-0.39, 0.29) is 5.54 Å². The number of morpholine rings is 1. The molecular weight excluding hydrogens is 258 g/mol. The van der Waals surface area contributed by atoms with Crippen LogP contribution in [0, 0.1) is 0 Å². The van der Waals surface area contributed by atoms with E-state index < -0.39 is 0 Å². The number of aromatic nitrogens is 1. The molecule has 2 N–H and O–H groups in total. The van der Waals surface area contributed by atoms with Gasteiger partial charge in [-0.25, -0.2) is 4.98 Å². The van der Waals surface area contributed by atoms with Crippen LogP contribution in [0.15, 0.2) is 18.2 Å². The molecule has 0 saturated carbocycles. The molecule has 1 aromatic heterocycles. The Labute approximate surface area is 117 Å². The standard InChI is InChI=1S/C14H19N3OS/c1-14(2)9-18-6-5-17(14)8-10-3-4-11-12(7-10)19-13(15)16-11/h3-4,7H,5-6,8-9H2,1-2H3,(H2,15,16). The van der Waals surface area contributed by atoms with Crippen molar-refractivity contribution in [2.45, 2.75) is 25.9 Å². The SMILES string of the molecule is CC1(C)COCCN1Cc1ccc2nc(N)sc2c1. The van der Waals surface area contributed by atoms with Crippen LogP contribution in [0.1, 0.15) is 19.4 Å². The summed E-state index contributed by atoms with van der Waals surface area (Å²) >= 11 is 1.55. The summed E-state index contributed by atoms with van der Waals surface area (Å²) in [6.45, 7) is 8.01. The van der Waals surface area contributed by atoms with Gasteiger partial charge in [0.15, 0.2) is 5.13 Å². The van der Waals surface area contributed by atoms with Crippen molar-refractivity contribution < 1.29 is 4.74 Å². The number of nitrogens with zero attached hydrogens (tertiary/aromatic N) is 2. The van der Waals surface area contributed by atoms with Gasteiger partial charge in [-0.05, 0) is 31.5 Å². The van der Waals surface area contributed by atoms with Crippen LogP contribution in [0.4, 0.5) is 5.13 Å². The van der Waals surface area contributed by atoms with Crippen LogP contribution in [0.2, 0.25) is 0 Å². The molecule has 1 aliphatic heterocycles. The van der Waals surface area contributed by atoms with E-state index in [4.69, 9.17) is 10.5 Å². The summed E-state index contributed by atoms with van der Waals surface area (Å²) < 4.78 is 6.73. The summed E-state index contributed by atoms with van der Waals surface area (Å²) in [5.41, 5.74) is 8.15. The molecule has 5 heteroatoms. The minimum Gasteiger partial charge on any atom is -0.378 e. The van der Waals surface area contributed by atoms with Crippen molar-refractivity contribution in [3.05, 3.63) is 23.8 Å². The van der Waals surface area contributed by atoms with Gasteiger partial charge in [-0.15, -0.1) is 0 Å². The Bertz CT molecular complexity index is 593. The van der Waals surface area contributed by atoms with Crippen LogP contribution in [0.3, 0.4) is 0 Å². The smallest absolute Gasteiger partial charge is 0.181 e. The van der Waals surface area contributed by atoms with Gasteiger partial charge in [-0.3, -0.25) is 4.90 Å². The molecule has 0 radical (unpaired) electrons. The van der Waals surface area contributed by atoms with Gasteiger partial charge in [0.2, 0.25) is 0 Å². The van der Waals surface area contributed by atoms with E-state index in [0.29, 0.717) is 5.13 Å². The van der Waals surface area contributed by atoms with Crippen molar-refractivity contribution in [3.63, 3.8) is 0 Å². The van der Waals surface area contributed by atoms with Crippen LogP contribution in [0.25, 0.3) is 10.2 Å². The van der Waals surface area contributed by atoms with Gasteiger partial charge in [0.1, 0.15) is 0 Å². The van der Waals surface area contributed by atoms with Crippen molar-refractivity contribution >= 4 is 26.7 Å². The topological polar surface area (TPSA) is 51.4 Å². The first kappa shape index (κ1) is 12.8. The molecule has 4 nitrogen and oxygen atoms in total. The molecule has 2 aromatic rings. The van der Waals surface area contributed by atoms with Crippen molar-refractivity contribution in [2.75, 3.05) is 25.5 Å². The highest BCUT2D eigenvalue weighted by Gasteiger charge is 2.30. The molecule has 0 spiro atoms. The lowest BCUT2D eigenvalue weighted by Gasteiger charge is -2.42. The maximum atomic E-state index is 5.75. The number of hydrogen-bond donors (Lipinski definition) is 1. The maximum Gasteiger partial charge on any atom is 0.181 e. The summed E-state index contributed by atoms with van der Waals surface area (Å²) in [5.74, 6) is 0. The van der Waals surface area contributed by atoms with Gasteiger partial charge in [0, 0.05) is 18.6 Å². The highest BCUT2D eigenvalue weighted by molar-refractivity contribution is 7.22. The van der Waals surface area contributed by atoms with Gasteiger partial charge >= 0.3 is 0 Å². The second kappa shape index (κ2) is 4.74. The van der Waals surface area contributed by atoms with Crippen LogP contribution in [0.5, 0.6) is 0 Å². The fraction of sp³-hybridized carbons (Fsp3) is 0.500. The summed E-state index contributed by atoms with van der Waals surface area (Å²) in [7, 11) is 0. The lowest BCUT2D eigenvalue weighted by Crippen LogP contribution is -2.52. The molecule has 0 amide bonds. The Morgan fingerprint density at radius 2 is 2.32 bits per heavy atom. The van der Waals surface area contributed by atoms with E-state index in [9.17, 15) is 0 Å². The van der Waals surface area contributed by atoms with E-state index in [1.807, 2.05) is 0 Å². The Balaban J connectivity index is 1.84. The third kappa shape index (κ3) is 2.59. The number of rotatable bonds is 2. The summed E-state index contributed by atoms with van der Waals surface area (Å²) in [5, 5.41) is 0.638. The number of nitrogen functional groups attached to an aromatic ring is 1. The lowest BCUT2D eigenvalue weighted by atomic mass is 10.0. The highest BCUT2D eigenvalue weighted by atomic mass is 32.1. The number of fused-ring (bicyclic) bond motifs is 1. The molecule has 3 rings (SSSR count). The largest absolute Gasteiger partial charge is 0.378 e. The highest BCUT2D eigenvalue weighted by Crippen LogP contribution is 2.27. The van der Waals surface area contributed by atoms with Gasteiger partial charge in [0.05, 0.1) is 23.4 Å². The molecule has 2 heterocycles. The molecule has 1 aliphatic rings. The molecular formula is C14H19N3OS. The summed E-state index contributed by atoms with van der Waals surface area (Å²) in [6.07, 6.45) is 0. The first-order chi connectivity index (χ1) is 9.04. The second-order valence-corrected chi connectivity index (χ2v) is 6.70. The van der Waals surface area contributed by atoms with Crippen molar-refractivity contribution in [3.8, 4) is 0 Å². The van der Waals surface area contributed by atoms with Crippen LogP contribution in [-0.2, 0) is 11.3 Å². The van der Waals surface area contributed by atoms with Crippen molar-refractivity contribution in [1.29, 1.82) is 0 Å². The molecule has 1 saturated heterocycles. The van der Waals surface area contributed by atoms with Gasteiger partial charge in [-0.2, -0.15) is 0 Å². The first-order valence-electron chi connectivity index (χ1n) is 6.52. The number of anilines is 1. The lowest BCUT2D eigenvalue weighted by molar-refractivity contribution is -0.0552. The predicted octanol–water partition coefficient (Wildman–Crippen LogP) is 2.49. The summed E-state index contributed by atoms with van der Waals surface area (Å²) in [4.78, 5) is 6.77. The monoisotopic (exact) mass is 277 g/mol. The molecule has 102 valence electrons. The van der Waals surface area contributed by atoms with E-state index in [2.05, 4.69) is 41.9 Å². The van der Waals surface area contributed by atoms with E-state index in [0.717, 1.165) is 31.8 Å². The number of nitrogens with two attached hydrogens (primary N) is 1. The molecule has 1 fully saturated rings. The van der Waals surface area contributed by atoms with Crippen LogP contribution < -0.4 is 5.73 Å². The Morgan fingerprint density at radius 3 is 3.11 bits per heavy atom. The third-order valence-electron chi connectivity index (χ3n) is 3.66. The fourth-order valence-corrected chi connectivity index (χ4v) is 3.29. The first-order valence-corrected chi connectivity index (χ1v) is 7.34. The van der Waals surface area contributed by atoms with Crippen molar-refractivity contribution in [2.24, 2.45) is 0 Å². The van der Waals surface area contributed by atoms with E-state index in [1.165, 1.54) is 10.3 Å². The van der Waals surface area contributed by atoms with Crippen LogP contribution >= 0.6 is 11.3 Å². The quantitative estimate of drug-likeness (QED) is 0.916. The molecule has 0 bridgehead atoms. The Hall–Kier alpha value is -1.17. The summed E-state index contributed by atoms with van der Waals surface area (Å²) in [6, 6.07) is 6.41. The number of hydrogen-bond acceptors (Lipinski definition) is 5. The maximum absolute atomic E-state index is 5.75. The minimum atomic E-state index is 0.0972. The third-order valence-corrected chi connectivity index (χ3v) is 4.51. The number of ether oxygens (including phenoxy) is 1. The average molecular weight is 277 g/mol. The molecule has 0 atom stereocenters. The fourth-order valence-electron chi connectivity index (χ4n) is 2.49. The zero-order chi connectivity index (χ0) is 13.5. The zero-order valence-electron chi connectivity index (χ0n) is 11.3. The molecule has 0 unspecified atom stereocenters. The number of thiazole rings is 1. The van der Waals surface area contributed by atoms with Gasteiger partial charge in [0.25, 0.3) is 0 Å². The molecule has 19 heavy (non-hydrogen) atoms. The van der Waals surface area contributed by atoms with E-state index in [1.54, 1.807) is 11.3 Å².